The Morgan fingerprint density at radius 3 is 2.39 bits per heavy atom. The minimum atomic E-state index is -1.22. The molecule has 0 aliphatic rings. The zero-order valence-electron chi connectivity index (χ0n) is 11.5. The zero-order chi connectivity index (χ0) is 13.6. The number of rotatable bonds is 5. The molecule has 0 aliphatic heterocycles. The highest BCUT2D eigenvalue weighted by atomic mass is 28.3. The van der Waals surface area contributed by atoms with Crippen LogP contribution in [0, 0.1) is 0 Å². The molecule has 98 valence electrons. The fourth-order valence-electron chi connectivity index (χ4n) is 1.30. The molecule has 0 bridgehead atoms. The molecule has 4 heteroatoms. The van der Waals surface area contributed by atoms with Gasteiger partial charge in [0.2, 0.25) is 5.91 Å². The summed E-state index contributed by atoms with van der Waals surface area (Å²) in [6.45, 7) is 6.67. The Kier molecular flexibility index (Phi) is 5.16. The van der Waals surface area contributed by atoms with Crippen molar-refractivity contribution in [1.82, 2.24) is 5.32 Å². The minimum Gasteiger partial charge on any atom is -0.497 e. The Hall–Kier alpha value is -1.55. The van der Waals surface area contributed by atoms with Gasteiger partial charge < -0.3 is 10.1 Å². The first-order valence-electron chi connectivity index (χ1n) is 6.01. The second kappa shape index (κ2) is 6.40. The molecule has 0 aromatic heterocycles. The Labute approximate surface area is 110 Å². The first-order valence-corrected chi connectivity index (χ1v) is 9.71. The van der Waals surface area contributed by atoms with E-state index in [-0.39, 0.29) is 5.91 Å². The van der Waals surface area contributed by atoms with E-state index >= 15 is 0 Å². The molecule has 0 unspecified atom stereocenters. The van der Waals surface area contributed by atoms with Crippen molar-refractivity contribution in [2.75, 3.05) is 13.3 Å². The molecule has 0 heterocycles. The maximum Gasteiger partial charge on any atom is 0.243 e. The van der Waals surface area contributed by atoms with Gasteiger partial charge in [0.1, 0.15) is 5.75 Å². The molecule has 1 aromatic carbocycles. The molecule has 1 N–H and O–H groups in total. The molecule has 0 fully saturated rings. The largest absolute Gasteiger partial charge is 0.497 e. The van der Waals surface area contributed by atoms with E-state index in [0.717, 1.165) is 17.5 Å². The van der Waals surface area contributed by atoms with Crippen LogP contribution in [-0.2, 0) is 4.79 Å². The summed E-state index contributed by atoms with van der Waals surface area (Å²) in [5.41, 5.74) is 0.985. The summed E-state index contributed by atoms with van der Waals surface area (Å²) in [6.07, 6.45) is 4.18. The quantitative estimate of drug-likeness (QED) is 0.655. The van der Waals surface area contributed by atoms with Crippen molar-refractivity contribution in [3.05, 3.63) is 35.9 Å². The molecule has 3 nitrogen and oxygen atoms in total. The van der Waals surface area contributed by atoms with Gasteiger partial charge in [-0.05, 0) is 23.8 Å². The SMILES string of the molecule is COc1ccc(/C=C/C(=O)NC[Si](C)(C)C)cc1. The van der Waals surface area contributed by atoms with Crippen molar-refractivity contribution >= 4 is 20.1 Å². The molecule has 0 saturated heterocycles. The fourth-order valence-corrected chi connectivity index (χ4v) is 2.00. The van der Waals surface area contributed by atoms with Crippen molar-refractivity contribution in [2.45, 2.75) is 19.6 Å². The van der Waals surface area contributed by atoms with Gasteiger partial charge in [0.15, 0.2) is 0 Å². The van der Waals surface area contributed by atoms with Crippen molar-refractivity contribution < 1.29 is 9.53 Å². The molecule has 1 rings (SSSR count). The second-order valence-electron chi connectivity index (χ2n) is 5.38. The van der Waals surface area contributed by atoms with Crippen LogP contribution in [0.4, 0.5) is 0 Å². The number of hydrogen-bond donors (Lipinski definition) is 1. The Morgan fingerprint density at radius 2 is 1.89 bits per heavy atom. The fraction of sp³-hybridized carbons (Fsp3) is 0.357. The Balaban J connectivity index is 2.50. The van der Waals surface area contributed by atoms with Crippen LogP contribution in [-0.4, -0.2) is 27.3 Å². The number of ether oxygens (including phenoxy) is 1. The van der Waals surface area contributed by atoms with Gasteiger partial charge >= 0.3 is 0 Å². The van der Waals surface area contributed by atoms with Gasteiger partial charge in [0.05, 0.1) is 15.2 Å². The van der Waals surface area contributed by atoms with Crippen LogP contribution >= 0.6 is 0 Å². The summed E-state index contributed by atoms with van der Waals surface area (Å²) in [5, 5.41) is 2.93. The lowest BCUT2D eigenvalue weighted by molar-refractivity contribution is -0.116. The summed E-state index contributed by atoms with van der Waals surface area (Å²) in [5.74, 6) is 0.781. The molecule has 18 heavy (non-hydrogen) atoms. The highest BCUT2D eigenvalue weighted by Gasteiger charge is 2.12. The van der Waals surface area contributed by atoms with Gasteiger partial charge in [-0.15, -0.1) is 0 Å². The smallest absolute Gasteiger partial charge is 0.243 e. The number of carbonyl (C=O) groups is 1. The maximum atomic E-state index is 11.6. The first-order chi connectivity index (χ1) is 8.40. The molecule has 0 aliphatic carbocycles. The van der Waals surface area contributed by atoms with E-state index in [0.29, 0.717) is 0 Å². The van der Waals surface area contributed by atoms with Crippen LogP contribution in [0.25, 0.3) is 6.08 Å². The molecule has 0 atom stereocenters. The lowest BCUT2D eigenvalue weighted by Crippen LogP contribution is -2.39. The molecule has 0 saturated carbocycles. The summed E-state index contributed by atoms with van der Waals surface area (Å²) in [4.78, 5) is 11.6. The van der Waals surface area contributed by atoms with E-state index in [1.54, 1.807) is 19.3 Å². The van der Waals surface area contributed by atoms with Crippen LogP contribution in [0.5, 0.6) is 5.75 Å². The van der Waals surface area contributed by atoms with Gasteiger partial charge in [-0.25, -0.2) is 0 Å². The number of nitrogens with one attached hydrogen (secondary N) is 1. The molecular formula is C14H21NO2Si. The van der Waals surface area contributed by atoms with Gasteiger partial charge in [-0.2, -0.15) is 0 Å². The van der Waals surface area contributed by atoms with E-state index in [1.165, 1.54) is 0 Å². The van der Waals surface area contributed by atoms with E-state index in [4.69, 9.17) is 4.74 Å². The summed E-state index contributed by atoms with van der Waals surface area (Å²) in [6, 6.07) is 7.58. The van der Waals surface area contributed by atoms with Crippen molar-refractivity contribution in [1.29, 1.82) is 0 Å². The van der Waals surface area contributed by atoms with E-state index in [9.17, 15) is 4.79 Å². The molecule has 1 aromatic rings. The normalized spacial score (nSPS) is 11.6. The molecule has 1 amide bonds. The van der Waals surface area contributed by atoms with Crippen molar-refractivity contribution in [3.8, 4) is 5.75 Å². The molecule has 0 radical (unpaired) electrons. The Bertz CT molecular complexity index is 418. The lowest BCUT2D eigenvalue weighted by atomic mass is 10.2. The molecular weight excluding hydrogens is 242 g/mol. The van der Waals surface area contributed by atoms with Crippen molar-refractivity contribution in [3.63, 3.8) is 0 Å². The predicted molar refractivity (Wildman–Crippen MR) is 78.4 cm³/mol. The van der Waals surface area contributed by atoms with E-state index < -0.39 is 8.07 Å². The number of amides is 1. The van der Waals surface area contributed by atoms with Crippen LogP contribution < -0.4 is 10.1 Å². The summed E-state index contributed by atoms with van der Waals surface area (Å²) >= 11 is 0. The number of hydrogen-bond acceptors (Lipinski definition) is 2. The van der Waals surface area contributed by atoms with Crippen LogP contribution in [0.1, 0.15) is 5.56 Å². The highest BCUT2D eigenvalue weighted by molar-refractivity contribution is 6.76. The number of methoxy groups -OCH3 is 1. The lowest BCUT2D eigenvalue weighted by Gasteiger charge is -2.15. The molecule has 0 spiro atoms. The average molecular weight is 263 g/mol. The Morgan fingerprint density at radius 1 is 1.28 bits per heavy atom. The standard InChI is InChI=1S/C14H21NO2Si/c1-17-13-8-5-12(6-9-13)7-10-14(16)15-11-18(2,3)4/h5-10H,11H2,1-4H3,(H,15,16)/b10-7+. The number of benzene rings is 1. The van der Waals surface area contributed by atoms with Gasteiger partial charge in [-0.1, -0.05) is 31.8 Å². The summed E-state index contributed by atoms with van der Waals surface area (Å²) < 4.78 is 5.07. The highest BCUT2D eigenvalue weighted by Crippen LogP contribution is 2.12. The van der Waals surface area contributed by atoms with Crippen LogP contribution in [0.15, 0.2) is 30.3 Å². The third kappa shape index (κ3) is 5.68. The van der Waals surface area contributed by atoms with Crippen LogP contribution in [0.3, 0.4) is 0 Å². The minimum absolute atomic E-state index is 0.0340. The maximum absolute atomic E-state index is 11.6. The van der Waals surface area contributed by atoms with Crippen molar-refractivity contribution in [2.24, 2.45) is 0 Å². The van der Waals surface area contributed by atoms with E-state index in [2.05, 4.69) is 25.0 Å². The van der Waals surface area contributed by atoms with Crippen LogP contribution in [0.2, 0.25) is 19.6 Å². The number of carbonyl (C=O) groups excluding carboxylic acids is 1. The monoisotopic (exact) mass is 263 g/mol. The third-order valence-electron chi connectivity index (χ3n) is 2.34. The topological polar surface area (TPSA) is 38.3 Å². The second-order valence-corrected chi connectivity index (χ2v) is 10.9. The predicted octanol–water partition coefficient (Wildman–Crippen LogP) is 2.70. The van der Waals surface area contributed by atoms with E-state index in [1.807, 2.05) is 24.3 Å². The van der Waals surface area contributed by atoms with Gasteiger partial charge in [0, 0.05) is 12.2 Å². The van der Waals surface area contributed by atoms with Gasteiger partial charge in [0.25, 0.3) is 0 Å². The third-order valence-corrected chi connectivity index (χ3v) is 3.57. The summed E-state index contributed by atoms with van der Waals surface area (Å²) in [7, 11) is 0.411. The first kappa shape index (κ1) is 14.5. The average Bonchev–Trinajstić information content (AvgIpc) is 2.33. The van der Waals surface area contributed by atoms with Gasteiger partial charge in [-0.3, -0.25) is 4.79 Å². The zero-order valence-corrected chi connectivity index (χ0v) is 12.5.